The number of nitrogens with zero attached hydrogens (tertiary/aromatic N) is 2. The predicted octanol–water partition coefficient (Wildman–Crippen LogP) is 5.65. The maximum Gasteiger partial charge on any atom is 0.169 e. The third-order valence-electron chi connectivity index (χ3n) is 6.42. The highest BCUT2D eigenvalue weighted by molar-refractivity contribution is 9.10. The number of pyridine rings is 1. The number of Topliss-reactive ketones (excluding diaryl/α,β-unsaturated/α-hetero) is 1. The monoisotopic (exact) mass is 443 g/mol. The Morgan fingerprint density at radius 2 is 1.86 bits per heavy atom. The maximum absolute atomic E-state index is 12.9. The Balaban J connectivity index is 1.59. The molecule has 0 atom stereocenters. The molecule has 2 aromatic rings. The van der Waals surface area contributed by atoms with Crippen LogP contribution < -0.4 is 5.32 Å². The quantitative estimate of drug-likeness (QED) is 0.561. The minimum Gasteiger partial charge on any atom is -0.381 e. The van der Waals surface area contributed by atoms with Crippen molar-refractivity contribution in [2.45, 2.75) is 64.5 Å². The Kier molecular flexibility index (Phi) is 6.02. The zero-order valence-corrected chi connectivity index (χ0v) is 18.5. The van der Waals surface area contributed by atoms with E-state index >= 15 is 0 Å². The van der Waals surface area contributed by atoms with Gasteiger partial charge in [-0.1, -0.05) is 29.8 Å². The van der Waals surface area contributed by atoms with Gasteiger partial charge in [-0.25, -0.2) is 0 Å². The lowest BCUT2D eigenvalue weighted by Gasteiger charge is -2.36. The summed E-state index contributed by atoms with van der Waals surface area (Å²) >= 11 is 3.59. The molecule has 0 aliphatic heterocycles. The van der Waals surface area contributed by atoms with E-state index in [1.54, 1.807) is 6.20 Å². The van der Waals surface area contributed by atoms with E-state index in [1.165, 1.54) is 12.8 Å². The third kappa shape index (κ3) is 4.11. The summed E-state index contributed by atoms with van der Waals surface area (Å²) in [5.41, 5.74) is 2.71. The van der Waals surface area contributed by atoms with E-state index in [0.717, 1.165) is 65.4 Å². The maximum atomic E-state index is 12.9. The summed E-state index contributed by atoms with van der Waals surface area (Å²) in [6.45, 7) is 6.76. The number of nitrogens with one attached hydrogen (secondary N) is 1. The lowest BCUT2D eigenvalue weighted by atomic mass is 9.89. The van der Waals surface area contributed by atoms with Crippen LogP contribution in [0.2, 0.25) is 0 Å². The van der Waals surface area contributed by atoms with Gasteiger partial charge in [0.05, 0.1) is 16.8 Å². The van der Waals surface area contributed by atoms with Crippen LogP contribution in [-0.4, -0.2) is 40.8 Å². The van der Waals surface area contributed by atoms with Crippen LogP contribution in [0.5, 0.6) is 0 Å². The molecule has 2 aliphatic rings. The van der Waals surface area contributed by atoms with Gasteiger partial charge in [-0.15, -0.1) is 0 Å². The molecule has 0 bridgehead atoms. The van der Waals surface area contributed by atoms with Crippen LogP contribution in [0.3, 0.4) is 0 Å². The van der Waals surface area contributed by atoms with Gasteiger partial charge in [-0.2, -0.15) is 0 Å². The molecule has 1 heterocycles. The van der Waals surface area contributed by atoms with E-state index in [9.17, 15) is 4.79 Å². The average Bonchev–Trinajstić information content (AvgIpc) is 3.55. The average molecular weight is 444 g/mol. The Hall–Kier alpha value is -1.46. The van der Waals surface area contributed by atoms with Gasteiger partial charge in [0, 0.05) is 34.1 Å². The first-order valence-electron chi connectivity index (χ1n) is 10.7. The summed E-state index contributed by atoms with van der Waals surface area (Å²) in [4.78, 5) is 20.1. The van der Waals surface area contributed by atoms with Crippen LogP contribution >= 0.6 is 15.9 Å². The highest BCUT2D eigenvalue weighted by Crippen LogP contribution is 2.38. The normalized spacial score (nSPS) is 22.6. The van der Waals surface area contributed by atoms with Crippen molar-refractivity contribution >= 4 is 38.3 Å². The van der Waals surface area contributed by atoms with E-state index in [0.29, 0.717) is 12.1 Å². The molecule has 0 spiro atoms. The van der Waals surface area contributed by atoms with Gasteiger partial charge in [0.25, 0.3) is 0 Å². The van der Waals surface area contributed by atoms with Crippen LogP contribution in [0, 0.1) is 5.92 Å². The van der Waals surface area contributed by atoms with E-state index in [1.807, 2.05) is 12.1 Å². The second kappa shape index (κ2) is 8.50. The zero-order chi connectivity index (χ0) is 19.7. The highest BCUT2D eigenvalue weighted by Gasteiger charge is 2.33. The van der Waals surface area contributed by atoms with Crippen LogP contribution in [0.1, 0.15) is 62.7 Å². The van der Waals surface area contributed by atoms with Gasteiger partial charge < -0.3 is 10.2 Å². The van der Waals surface area contributed by atoms with E-state index in [4.69, 9.17) is 0 Å². The van der Waals surface area contributed by atoms with Gasteiger partial charge in [-0.05, 0) is 69.8 Å². The molecule has 150 valence electrons. The van der Waals surface area contributed by atoms with Crippen molar-refractivity contribution in [3.05, 3.63) is 34.4 Å². The molecule has 1 N–H and O–H groups in total. The summed E-state index contributed by atoms with van der Waals surface area (Å²) < 4.78 is 1.02. The van der Waals surface area contributed by atoms with Crippen molar-refractivity contribution in [3.8, 4) is 0 Å². The molecular formula is C23H30BrN3O. The Morgan fingerprint density at radius 3 is 2.50 bits per heavy atom. The van der Waals surface area contributed by atoms with Crippen molar-refractivity contribution in [2.24, 2.45) is 5.92 Å². The molecular weight excluding hydrogens is 414 g/mol. The fraction of sp³-hybridized carbons (Fsp3) is 0.565. The summed E-state index contributed by atoms with van der Waals surface area (Å²) in [5, 5.41) is 4.83. The van der Waals surface area contributed by atoms with Gasteiger partial charge >= 0.3 is 0 Å². The van der Waals surface area contributed by atoms with Crippen molar-refractivity contribution in [3.63, 3.8) is 0 Å². The van der Waals surface area contributed by atoms with Crippen LogP contribution in [0.25, 0.3) is 10.9 Å². The third-order valence-corrected chi connectivity index (χ3v) is 6.91. The minimum absolute atomic E-state index is 0.199. The number of anilines is 1. The smallest absolute Gasteiger partial charge is 0.169 e. The molecule has 0 saturated heterocycles. The fourth-order valence-corrected chi connectivity index (χ4v) is 4.96. The van der Waals surface area contributed by atoms with Gasteiger partial charge in [0.1, 0.15) is 0 Å². The van der Waals surface area contributed by atoms with E-state index in [2.05, 4.69) is 51.0 Å². The molecule has 0 amide bonds. The Labute approximate surface area is 176 Å². The van der Waals surface area contributed by atoms with Crippen LogP contribution in [-0.2, 0) is 0 Å². The number of rotatable bonds is 7. The Bertz CT molecular complexity index is 852. The second-order valence-corrected chi connectivity index (χ2v) is 9.13. The number of carbonyl (C=O) groups is 1. The molecule has 1 aromatic heterocycles. The first-order chi connectivity index (χ1) is 13.6. The summed E-state index contributed by atoms with van der Waals surface area (Å²) in [6.07, 6.45) is 8.57. The number of fused-ring (bicyclic) bond motifs is 1. The molecule has 28 heavy (non-hydrogen) atoms. The number of hydrogen-bond acceptors (Lipinski definition) is 4. The standard InChI is InChI=1S/C23H30BrN3O/c1-3-27(4-2)18-10-8-17(9-11-18)26-22-19-13-16(24)7-12-21(19)25-14-20(22)23(28)15-5-6-15/h7,12-15,17-18H,3-6,8-11H2,1-2H3,(H,25,26)/t17-,18-. The van der Waals surface area contributed by atoms with Gasteiger partial charge in [0.15, 0.2) is 5.78 Å². The molecule has 2 saturated carbocycles. The molecule has 2 aliphatic carbocycles. The Morgan fingerprint density at radius 1 is 1.14 bits per heavy atom. The predicted molar refractivity (Wildman–Crippen MR) is 119 cm³/mol. The number of carbonyl (C=O) groups excluding carboxylic acids is 1. The molecule has 0 radical (unpaired) electrons. The van der Waals surface area contributed by atoms with Crippen molar-refractivity contribution in [2.75, 3.05) is 18.4 Å². The van der Waals surface area contributed by atoms with Crippen molar-refractivity contribution in [1.29, 1.82) is 0 Å². The molecule has 4 nitrogen and oxygen atoms in total. The van der Waals surface area contributed by atoms with Gasteiger partial charge in [-0.3, -0.25) is 9.78 Å². The number of benzene rings is 1. The largest absolute Gasteiger partial charge is 0.381 e. The number of aromatic nitrogens is 1. The minimum atomic E-state index is 0.199. The summed E-state index contributed by atoms with van der Waals surface area (Å²) in [7, 11) is 0. The molecule has 5 heteroatoms. The van der Waals surface area contributed by atoms with Gasteiger partial charge in [0.2, 0.25) is 0 Å². The van der Waals surface area contributed by atoms with Crippen molar-refractivity contribution < 1.29 is 4.79 Å². The lowest BCUT2D eigenvalue weighted by molar-refractivity contribution is 0.0968. The van der Waals surface area contributed by atoms with Crippen molar-refractivity contribution in [1.82, 2.24) is 9.88 Å². The zero-order valence-electron chi connectivity index (χ0n) is 16.9. The fourth-order valence-electron chi connectivity index (χ4n) is 4.60. The first-order valence-corrected chi connectivity index (χ1v) is 11.5. The lowest BCUT2D eigenvalue weighted by Crippen LogP contribution is -2.40. The first kappa shape index (κ1) is 19.8. The molecule has 1 aromatic carbocycles. The molecule has 2 fully saturated rings. The van der Waals surface area contributed by atoms with Crippen LogP contribution in [0.4, 0.5) is 5.69 Å². The molecule has 0 unspecified atom stereocenters. The SMILES string of the molecule is CCN(CC)[C@H]1CC[C@H](Nc2c(C(=O)C3CC3)cnc3ccc(Br)cc23)CC1. The number of hydrogen-bond donors (Lipinski definition) is 1. The van der Waals surface area contributed by atoms with Crippen LogP contribution in [0.15, 0.2) is 28.9 Å². The molecule has 4 rings (SSSR count). The second-order valence-electron chi connectivity index (χ2n) is 8.22. The number of halogens is 1. The van der Waals surface area contributed by atoms with E-state index in [-0.39, 0.29) is 11.7 Å². The van der Waals surface area contributed by atoms with E-state index < -0.39 is 0 Å². The highest BCUT2D eigenvalue weighted by atomic mass is 79.9. The topological polar surface area (TPSA) is 45.2 Å². The summed E-state index contributed by atoms with van der Waals surface area (Å²) in [6, 6.07) is 7.24. The number of ketones is 1. The summed E-state index contributed by atoms with van der Waals surface area (Å²) in [5.74, 6) is 0.457.